The highest BCUT2D eigenvalue weighted by Gasteiger charge is 2.21. The third-order valence-electron chi connectivity index (χ3n) is 4.30. The zero-order valence-electron chi connectivity index (χ0n) is 14.5. The lowest BCUT2D eigenvalue weighted by Gasteiger charge is -2.15. The van der Waals surface area contributed by atoms with Gasteiger partial charge in [-0.1, -0.05) is 28.1 Å². The summed E-state index contributed by atoms with van der Waals surface area (Å²) >= 11 is 3.40. The minimum absolute atomic E-state index is 0.153. The molecule has 5 nitrogen and oxygen atoms in total. The fraction of sp³-hybridized carbons (Fsp3) is 0.300. The minimum Gasteiger partial charge on any atom is -0.496 e. The number of ether oxygens (including phenoxy) is 2. The Hall–Kier alpha value is -2.34. The highest BCUT2D eigenvalue weighted by molar-refractivity contribution is 9.10. The van der Waals surface area contributed by atoms with Gasteiger partial charge in [0.1, 0.15) is 12.4 Å². The molecule has 1 heterocycles. The maximum atomic E-state index is 12.1. The van der Waals surface area contributed by atoms with Crippen LogP contribution in [0.3, 0.4) is 0 Å². The topological polar surface area (TPSA) is 55.8 Å². The Morgan fingerprint density at radius 3 is 2.62 bits per heavy atom. The number of carbonyl (C=O) groups is 2. The second kappa shape index (κ2) is 8.36. The molecule has 0 N–H and O–H groups in total. The number of rotatable bonds is 6. The molecule has 1 fully saturated rings. The Bertz CT molecular complexity index is 804. The van der Waals surface area contributed by atoms with E-state index < -0.39 is 0 Å². The number of anilines is 1. The molecule has 0 unspecified atom stereocenters. The quantitative estimate of drug-likeness (QED) is 0.669. The highest BCUT2D eigenvalue weighted by atomic mass is 79.9. The first-order valence-corrected chi connectivity index (χ1v) is 9.23. The molecular formula is C20H20BrNO4. The lowest BCUT2D eigenvalue weighted by atomic mass is 10.1. The van der Waals surface area contributed by atoms with E-state index in [-0.39, 0.29) is 24.9 Å². The Morgan fingerprint density at radius 1 is 1.19 bits per heavy atom. The summed E-state index contributed by atoms with van der Waals surface area (Å²) in [6.07, 6.45) is 1.68. The van der Waals surface area contributed by atoms with E-state index in [0.29, 0.717) is 12.2 Å². The number of methoxy groups -OCH3 is 1. The first-order chi connectivity index (χ1) is 12.6. The van der Waals surface area contributed by atoms with Gasteiger partial charge in [0, 0.05) is 28.7 Å². The van der Waals surface area contributed by atoms with Crippen LogP contribution < -0.4 is 9.64 Å². The number of hydrogen-bond acceptors (Lipinski definition) is 4. The minimum atomic E-state index is -0.308. The van der Waals surface area contributed by atoms with Gasteiger partial charge >= 0.3 is 5.97 Å². The fourth-order valence-corrected chi connectivity index (χ4v) is 3.36. The number of carbonyl (C=O) groups excluding carboxylic acids is 2. The van der Waals surface area contributed by atoms with E-state index in [1.54, 1.807) is 12.0 Å². The van der Waals surface area contributed by atoms with E-state index in [4.69, 9.17) is 9.47 Å². The molecule has 1 aliphatic heterocycles. The Kier molecular flexibility index (Phi) is 5.93. The Balaban J connectivity index is 1.57. The fourth-order valence-electron chi connectivity index (χ4n) is 2.95. The normalized spacial score (nSPS) is 13.8. The molecule has 0 aromatic heterocycles. The van der Waals surface area contributed by atoms with E-state index >= 15 is 0 Å². The van der Waals surface area contributed by atoms with Gasteiger partial charge in [-0.15, -0.1) is 0 Å². The van der Waals surface area contributed by atoms with Crippen molar-refractivity contribution in [2.24, 2.45) is 0 Å². The first kappa shape index (κ1) is 18.5. The van der Waals surface area contributed by atoms with E-state index in [0.717, 1.165) is 34.3 Å². The molecule has 6 heteroatoms. The third kappa shape index (κ3) is 4.43. The summed E-state index contributed by atoms with van der Waals surface area (Å²) < 4.78 is 11.5. The van der Waals surface area contributed by atoms with Gasteiger partial charge in [0.25, 0.3) is 0 Å². The third-order valence-corrected chi connectivity index (χ3v) is 4.79. The predicted octanol–water partition coefficient (Wildman–Crippen LogP) is 3.87. The lowest BCUT2D eigenvalue weighted by Crippen LogP contribution is -2.23. The molecular weight excluding hydrogens is 398 g/mol. The van der Waals surface area contributed by atoms with Crippen LogP contribution in [0.1, 0.15) is 24.0 Å². The molecule has 0 bridgehead atoms. The SMILES string of the molecule is COc1ccc(Br)cc1COC(=O)Cc1ccc(N2CCCC2=O)cc1. The molecule has 1 saturated heterocycles. The van der Waals surface area contributed by atoms with Crippen molar-refractivity contribution in [2.75, 3.05) is 18.6 Å². The summed E-state index contributed by atoms with van der Waals surface area (Å²) in [7, 11) is 1.58. The van der Waals surface area contributed by atoms with Crippen LogP contribution in [0.5, 0.6) is 5.75 Å². The van der Waals surface area contributed by atoms with E-state index in [9.17, 15) is 9.59 Å². The zero-order valence-corrected chi connectivity index (χ0v) is 16.1. The summed E-state index contributed by atoms with van der Waals surface area (Å²) in [6.45, 7) is 0.913. The molecule has 3 rings (SSSR count). The summed E-state index contributed by atoms with van der Waals surface area (Å²) in [6, 6.07) is 13.0. The molecule has 0 aliphatic carbocycles. The van der Waals surface area contributed by atoms with Crippen LogP contribution in [-0.4, -0.2) is 25.5 Å². The first-order valence-electron chi connectivity index (χ1n) is 8.44. The van der Waals surface area contributed by atoms with Gasteiger partial charge in [-0.25, -0.2) is 0 Å². The molecule has 26 heavy (non-hydrogen) atoms. The van der Waals surface area contributed by atoms with Crippen molar-refractivity contribution < 1.29 is 19.1 Å². The van der Waals surface area contributed by atoms with Crippen LogP contribution in [0.2, 0.25) is 0 Å². The van der Waals surface area contributed by atoms with Crippen molar-refractivity contribution in [3.8, 4) is 5.75 Å². The molecule has 2 aromatic rings. The number of hydrogen-bond donors (Lipinski definition) is 0. The summed E-state index contributed by atoms with van der Waals surface area (Å²) in [5, 5.41) is 0. The van der Waals surface area contributed by atoms with Crippen molar-refractivity contribution in [1.82, 2.24) is 0 Å². The molecule has 1 aliphatic rings. The van der Waals surface area contributed by atoms with Gasteiger partial charge in [-0.2, -0.15) is 0 Å². The van der Waals surface area contributed by atoms with E-state index in [2.05, 4.69) is 15.9 Å². The van der Waals surface area contributed by atoms with Crippen LogP contribution in [0, 0.1) is 0 Å². The molecule has 0 saturated carbocycles. The van der Waals surface area contributed by atoms with Crippen LogP contribution >= 0.6 is 15.9 Å². The number of halogens is 1. The number of amides is 1. The summed E-state index contributed by atoms with van der Waals surface area (Å²) in [5.74, 6) is 0.526. The van der Waals surface area contributed by atoms with Gasteiger partial charge in [-0.05, 0) is 42.3 Å². The molecule has 0 radical (unpaired) electrons. The van der Waals surface area contributed by atoms with Crippen LogP contribution in [0.15, 0.2) is 46.9 Å². The van der Waals surface area contributed by atoms with Crippen LogP contribution in [-0.2, 0) is 27.4 Å². The van der Waals surface area contributed by atoms with Gasteiger partial charge in [0.05, 0.1) is 13.5 Å². The smallest absolute Gasteiger partial charge is 0.310 e. The highest BCUT2D eigenvalue weighted by Crippen LogP contribution is 2.24. The average Bonchev–Trinajstić information content (AvgIpc) is 3.07. The van der Waals surface area contributed by atoms with Gasteiger partial charge in [0.2, 0.25) is 5.91 Å². The zero-order chi connectivity index (χ0) is 18.5. The molecule has 0 atom stereocenters. The van der Waals surface area contributed by atoms with Gasteiger partial charge in [0.15, 0.2) is 0 Å². The predicted molar refractivity (Wildman–Crippen MR) is 102 cm³/mol. The largest absolute Gasteiger partial charge is 0.496 e. The van der Waals surface area contributed by atoms with Gasteiger partial charge < -0.3 is 14.4 Å². The van der Waals surface area contributed by atoms with Crippen molar-refractivity contribution in [1.29, 1.82) is 0 Å². The van der Waals surface area contributed by atoms with Crippen molar-refractivity contribution in [2.45, 2.75) is 25.9 Å². The summed E-state index contributed by atoms with van der Waals surface area (Å²) in [4.78, 5) is 25.7. The van der Waals surface area contributed by atoms with Crippen LogP contribution in [0.25, 0.3) is 0 Å². The van der Waals surface area contributed by atoms with Gasteiger partial charge in [-0.3, -0.25) is 9.59 Å². The Morgan fingerprint density at radius 2 is 1.96 bits per heavy atom. The maximum Gasteiger partial charge on any atom is 0.310 e. The molecule has 1 amide bonds. The second-order valence-electron chi connectivity index (χ2n) is 6.11. The summed E-state index contributed by atoms with van der Waals surface area (Å²) in [5.41, 5.74) is 2.54. The van der Waals surface area contributed by atoms with Crippen molar-refractivity contribution in [3.05, 3.63) is 58.1 Å². The number of benzene rings is 2. The standard InChI is InChI=1S/C20H20BrNO4/c1-25-18-9-6-16(21)12-15(18)13-26-20(24)11-14-4-7-17(8-5-14)22-10-2-3-19(22)23/h4-9,12H,2-3,10-11,13H2,1H3. The average molecular weight is 418 g/mol. The molecule has 2 aromatic carbocycles. The molecule has 0 spiro atoms. The van der Waals surface area contributed by atoms with E-state index in [1.807, 2.05) is 42.5 Å². The van der Waals surface area contributed by atoms with E-state index in [1.165, 1.54) is 0 Å². The van der Waals surface area contributed by atoms with Crippen molar-refractivity contribution >= 4 is 33.5 Å². The second-order valence-corrected chi connectivity index (χ2v) is 7.02. The monoisotopic (exact) mass is 417 g/mol. The maximum absolute atomic E-state index is 12.1. The molecule has 136 valence electrons. The number of nitrogens with zero attached hydrogens (tertiary/aromatic N) is 1. The lowest BCUT2D eigenvalue weighted by molar-refractivity contribution is -0.144. The van der Waals surface area contributed by atoms with Crippen molar-refractivity contribution in [3.63, 3.8) is 0 Å². The Labute approximate surface area is 161 Å². The number of esters is 1. The van der Waals surface area contributed by atoms with Crippen LogP contribution in [0.4, 0.5) is 5.69 Å².